The molecule has 0 bridgehead atoms. The number of carbonyl (C=O) groups is 2. The van der Waals surface area contributed by atoms with Crippen LogP contribution >= 0.6 is 0 Å². The molecule has 2 atom stereocenters. The quantitative estimate of drug-likeness (QED) is 0.758. The number of rotatable bonds is 7. The first-order chi connectivity index (χ1) is 9.95. The number of nitrogens with one attached hydrogen (secondary N) is 1. The molecule has 0 fully saturated rings. The first-order valence-electron chi connectivity index (χ1n) is 6.86. The van der Waals surface area contributed by atoms with Gasteiger partial charge in [0.05, 0.1) is 6.04 Å². The maximum absolute atomic E-state index is 12.2. The number of carboxylic acid groups (broad SMARTS) is 1. The molecule has 1 rings (SSSR count). The molecule has 0 aliphatic heterocycles. The topological polar surface area (TPSA) is 69.6 Å². The molecule has 2 amide bonds. The molecule has 2 N–H and O–H groups in total. The van der Waals surface area contributed by atoms with Crippen molar-refractivity contribution in [2.75, 3.05) is 13.6 Å². The van der Waals surface area contributed by atoms with E-state index in [-0.39, 0.29) is 18.4 Å². The van der Waals surface area contributed by atoms with E-state index in [0.717, 1.165) is 5.56 Å². The third kappa shape index (κ3) is 5.30. The lowest BCUT2D eigenvalue weighted by molar-refractivity contribution is -0.133. The smallest absolute Gasteiger partial charge is 0.405 e. The Hall–Kier alpha value is -2.30. The van der Waals surface area contributed by atoms with E-state index < -0.39 is 12.1 Å². The first-order valence-corrected chi connectivity index (χ1v) is 6.86. The summed E-state index contributed by atoms with van der Waals surface area (Å²) in [6.07, 6.45) is 1.20. The Morgan fingerprint density at radius 1 is 1.38 bits per heavy atom. The Morgan fingerprint density at radius 3 is 2.52 bits per heavy atom. The van der Waals surface area contributed by atoms with Crippen LogP contribution < -0.4 is 5.32 Å². The first kappa shape index (κ1) is 16.8. The third-order valence-corrected chi connectivity index (χ3v) is 3.27. The van der Waals surface area contributed by atoms with Crippen LogP contribution in [0.2, 0.25) is 0 Å². The van der Waals surface area contributed by atoms with E-state index in [1.807, 2.05) is 37.3 Å². The number of hydrogen-bond acceptors (Lipinski definition) is 2. The van der Waals surface area contributed by atoms with Gasteiger partial charge in [-0.25, -0.2) is 4.79 Å². The zero-order valence-electron chi connectivity index (χ0n) is 12.5. The second-order valence-corrected chi connectivity index (χ2v) is 5.06. The zero-order valence-corrected chi connectivity index (χ0v) is 12.5. The molecule has 0 saturated heterocycles. The van der Waals surface area contributed by atoms with Crippen LogP contribution in [-0.2, 0) is 4.79 Å². The number of likely N-dealkylation sites (N-methyl/N-ethyl adjacent to an activating group) is 1. The van der Waals surface area contributed by atoms with Crippen LogP contribution in [0.15, 0.2) is 43.0 Å². The van der Waals surface area contributed by atoms with Gasteiger partial charge in [-0.2, -0.15) is 0 Å². The van der Waals surface area contributed by atoms with Crippen molar-refractivity contribution in [1.29, 1.82) is 0 Å². The maximum atomic E-state index is 12.2. The van der Waals surface area contributed by atoms with Gasteiger partial charge >= 0.3 is 6.09 Å². The minimum absolute atomic E-state index is 0.0250. The highest BCUT2D eigenvalue weighted by Gasteiger charge is 2.21. The molecular weight excluding hydrogens is 268 g/mol. The summed E-state index contributed by atoms with van der Waals surface area (Å²) in [6, 6.07) is 8.77. The molecule has 5 nitrogen and oxygen atoms in total. The second-order valence-electron chi connectivity index (χ2n) is 5.06. The zero-order chi connectivity index (χ0) is 15.8. The Labute approximate surface area is 125 Å². The van der Waals surface area contributed by atoms with E-state index in [1.54, 1.807) is 18.0 Å². The van der Waals surface area contributed by atoms with Gasteiger partial charge in [0.25, 0.3) is 0 Å². The average Bonchev–Trinajstić information content (AvgIpc) is 2.46. The number of hydrogen-bond donors (Lipinski definition) is 2. The lowest BCUT2D eigenvalue weighted by Crippen LogP contribution is -2.40. The monoisotopic (exact) mass is 290 g/mol. The van der Waals surface area contributed by atoms with Crippen molar-refractivity contribution in [3.8, 4) is 0 Å². The number of nitrogens with zero attached hydrogens (tertiary/aromatic N) is 1. The molecule has 0 aromatic heterocycles. The molecule has 21 heavy (non-hydrogen) atoms. The predicted molar refractivity (Wildman–Crippen MR) is 82.0 cm³/mol. The molecule has 0 radical (unpaired) electrons. The summed E-state index contributed by atoms with van der Waals surface area (Å²) in [5, 5.41) is 11.4. The Kier molecular flexibility index (Phi) is 6.46. The standard InChI is InChI=1S/C16H22N2O3/c1-4-8-12(2)15(19)18(3)11-14(17-16(20)21)13-9-6-5-7-10-13/h4-7,9-10,12,14,17H,1,8,11H2,2-3H3,(H,20,21)/t12?,14-/m0/s1. The predicted octanol–water partition coefficient (Wildman–Crippen LogP) is 2.67. The van der Waals surface area contributed by atoms with Gasteiger partial charge in [-0.1, -0.05) is 43.3 Å². The molecule has 0 heterocycles. The summed E-state index contributed by atoms with van der Waals surface area (Å²) in [4.78, 5) is 24.7. The highest BCUT2D eigenvalue weighted by Crippen LogP contribution is 2.15. The summed E-state index contributed by atoms with van der Waals surface area (Å²) < 4.78 is 0. The summed E-state index contributed by atoms with van der Waals surface area (Å²) in [7, 11) is 1.68. The Balaban J connectivity index is 2.79. The Morgan fingerprint density at radius 2 is 2.00 bits per heavy atom. The number of allylic oxidation sites excluding steroid dienone is 1. The maximum Gasteiger partial charge on any atom is 0.405 e. The van der Waals surface area contributed by atoms with E-state index >= 15 is 0 Å². The van der Waals surface area contributed by atoms with Gasteiger partial charge < -0.3 is 15.3 Å². The number of carbonyl (C=O) groups excluding carboxylic acids is 1. The van der Waals surface area contributed by atoms with Gasteiger partial charge in [-0.05, 0) is 12.0 Å². The minimum Gasteiger partial charge on any atom is -0.465 e. The van der Waals surface area contributed by atoms with E-state index in [1.165, 1.54) is 0 Å². The molecule has 0 spiro atoms. The molecule has 0 aliphatic rings. The van der Waals surface area contributed by atoms with E-state index in [2.05, 4.69) is 11.9 Å². The normalized spacial score (nSPS) is 13.0. The van der Waals surface area contributed by atoms with Crippen molar-refractivity contribution in [2.24, 2.45) is 5.92 Å². The SMILES string of the molecule is C=CCC(C)C(=O)N(C)C[C@H](NC(=O)O)c1ccccc1. The average molecular weight is 290 g/mol. The highest BCUT2D eigenvalue weighted by atomic mass is 16.4. The van der Waals surface area contributed by atoms with Crippen molar-refractivity contribution in [3.05, 3.63) is 48.6 Å². The molecule has 1 aromatic rings. The van der Waals surface area contributed by atoms with Crippen LogP contribution in [0.4, 0.5) is 4.79 Å². The summed E-state index contributed by atoms with van der Waals surface area (Å²) in [5.74, 6) is -0.184. The molecule has 1 aromatic carbocycles. The van der Waals surface area contributed by atoms with Gasteiger partial charge in [0, 0.05) is 19.5 Å². The van der Waals surface area contributed by atoms with Crippen LogP contribution in [0.25, 0.3) is 0 Å². The summed E-state index contributed by atoms with van der Waals surface area (Å²) in [5.41, 5.74) is 0.830. The molecule has 5 heteroatoms. The highest BCUT2D eigenvalue weighted by molar-refractivity contribution is 5.78. The van der Waals surface area contributed by atoms with Crippen molar-refractivity contribution in [2.45, 2.75) is 19.4 Å². The van der Waals surface area contributed by atoms with E-state index in [4.69, 9.17) is 5.11 Å². The van der Waals surface area contributed by atoms with E-state index in [9.17, 15) is 9.59 Å². The molecule has 0 saturated carbocycles. The molecule has 114 valence electrons. The van der Waals surface area contributed by atoms with Crippen molar-refractivity contribution < 1.29 is 14.7 Å². The Bertz CT molecular complexity index is 488. The van der Waals surface area contributed by atoms with Crippen molar-refractivity contribution in [3.63, 3.8) is 0 Å². The van der Waals surface area contributed by atoms with Crippen LogP contribution in [0.5, 0.6) is 0 Å². The van der Waals surface area contributed by atoms with Crippen molar-refractivity contribution in [1.82, 2.24) is 10.2 Å². The lowest BCUT2D eigenvalue weighted by Gasteiger charge is -2.26. The van der Waals surface area contributed by atoms with Crippen LogP contribution in [0.3, 0.4) is 0 Å². The van der Waals surface area contributed by atoms with Crippen LogP contribution in [-0.4, -0.2) is 35.6 Å². The van der Waals surface area contributed by atoms with Crippen molar-refractivity contribution >= 4 is 12.0 Å². The fourth-order valence-corrected chi connectivity index (χ4v) is 2.16. The molecule has 1 unspecified atom stereocenters. The largest absolute Gasteiger partial charge is 0.465 e. The fraction of sp³-hybridized carbons (Fsp3) is 0.375. The van der Waals surface area contributed by atoms with Gasteiger partial charge in [0.2, 0.25) is 5.91 Å². The van der Waals surface area contributed by atoms with Gasteiger partial charge in [0.1, 0.15) is 0 Å². The minimum atomic E-state index is -1.11. The number of amides is 2. The van der Waals surface area contributed by atoms with Crippen LogP contribution in [0.1, 0.15) is 24.9 Å². The van der Waals surface area contributed by atoms with E-state index in [0.29, 0.717) is 6.42 Å². The van der Waals surface area contributed by atoms with Gasteiger partial charge in [-0.15, -0.1) is 6.58 Å². The second kappa shape index (κ2) is 8.09. The summed E-state index contributed by atoms with van der Waals surface area (Å²) in [6.45, 7) is 5.75. The van der Waals surface area contributed by atoms with Gasteiger partial charge in [-0.3, -0.25) is 4.79 Å². The molecule has 0 aliphatic carbocycles. The molecular formula is C16H22N2O3. The van der Waals surface area contributed by atoms with Crippen LogP contribution in [0, 0.1) is 5.92 Å². The number of benzene rings is 1. The van der Waals surface area contributed by atoms with Gasteiger partial charge in [0.15, 0.2) is 0 Å². The third-order valence-electron chi connectivity index (χ3n) is 3.27. The fourth-order valence-electron chi connectivity index (χ4n) is 2.16. The summed E-state index contributed by atoms with van der Waals surface area (Å²) >= 11 is 0. The lowest BCUT2D eigenvalue weighted by atomic mass is 10.0.